The Morgan fingerprint density at radius 3 is 2.42 bits per heavy atom. The summed E-state index contributed by atoms with van der Waals surface area (Å²) in [6, 6.07) is 7.35. The molecule has 0 aliphatic carbocycles. The van der Waals surface area contributed by atoms with Crippen molar-refractivity contribution in [2.24, 2.45) is 4.99 Å². The molecule has 0 radical (unpaired) electrons. The second-order valence-corrected chi connectivity index (χ2v) is 6.00. The van der Waals surface area contributed by atoms with Crippen LogP contribution >= 0.6 is 11.6 Å². The van der Waals surface area contributed by atoms with E-state index in [9.17, 15) is 4.39 Å². The van der Waals surface area contributed by atoms with E-state index in [4.69, 9.17) is 11.6 Å². The third kappa shape index (κ3) is 5.13. The van der Waals surface area contributed by atoms with Crippen LogP contribution in [0.5, 0.6) is 0 Å². The molecule has 1 aromatic carbocycles. The van der Waals surface area contributed by atoms with Crippen LogP contribution in [0, 0.1) is 0 Å². The molecule has 2 aromatic rings. The van der Waals surface area contributed by atoms with Gasteiger partial charge in [-0.25, -0.2) is 9.38 Å². The van der Waals surface area contributed by atoms with Crippen molar-refractivity contribution in [3.63, 3.8) is 0 Å². The molecule has 8 heteroatoms. The number of hydrogen-bond donors (Lipinski definition) is 1. The van der Waals surface area contributed by atoms with E-state index in [2.05, 4.69) is 25.3 Å². The number of nitrogens with zero attached hydrogens (tertiary/aromatic N) is 5. The van der Waals surface area contributed by atoms with Crippen molar-refractivity contribution >= 4 is 29.8 Å². The number of benzene rings is 1. The van der Waals surface area contributed by atoms with Gasteiger partial charge in [-0.3, -0.25) is 0 Å². The minimum absolute atomic E-state index is 0.0433. The summed E-state index contributed by atoms with van der Waals surface area (Å²) in [6.45, 7) is 3.33. The van der Waals surface area contributed by atoms with E-state index in [1.54, 1.807) is 11.2 Å². The molecule has 2 rings (SSSR count). The molecular formula is C16H20ClFN6. The molecule has 0 aliphatic rings. The second kappa shape index (κ2) is 8.01. The molecule has 0 amide bonds. The van der Waals surface area contributed by atoms with Gasteiger partial charge in [0, 0.05) is 19.1 Å². The van der Waals surface area contributed by atoms with Crippen LogP contribution in [0.3, 0.4) is 0 Å². The fourth-order valence-corrected chi connectivity index (χ4v) is 2.00. The van der Waals surface area contributed by atoms with E-state index in [0.717, 1.165) is 5.56 Å². The van der Waals surface area contributed by atoms with Crippen LogP contribution in [0.1, 0.15) is 37.4 Å². The highest BCUT2D eigenvalue weighted by molar-refractivity contribution is 6.30. The smallest absolute Gasteiger partial charge is 0.255 e. The lowest BCUT2D eigenvalue weighted by Crippen LogP contribution is -2.12. The van der Waals surface area contributed by atoms with E-state index in [-0.39, 0.29) is 23.8 Å². The van der Waals surface area contributed by atoms with Crippen LogP contribution in [0.15, 0.2) is 29.3 Å². The van der Waals surface area contributed by atoms with Gasteiger partial charge in [0.15, 0.2) is 12.0 Å². The van der Waals surface area contributed by atoms with E-state index < -0.39 is 6.17 Å². The SMILES string of the molecule is CC(F)c1nc(/N=C/N(C)C)nc(NC(C)c2ccc(Cl)cc2)n1. The van der Waals surface area contributed by atoms with Crippen molar-refractivity contribution in [1.82, 2.24) is 19.9 Å². The monoisotopic (exact) mass is 350 g/mol. The minimum Gasteiger partial charge on any atom is -0.369 e. The van der Waals surface area contributed by atoms with Crippen LogP contribution in [0.4, 0.5) is 16.3 Å². The summed E-state index contributed by atoms with van der Waals surface area (Å²) >= 11 is 5.90. The molecular weight excluding hydrogens is 331 g/mol. The number of aliphatic imine (C=N–C) groups is 1. The predicted octanol–water partition coefficient (Wildman–Crippen LogP) is 3.95. The Bertz CT molecular complexity index is 702. The maximum Gasteiger partial charge on any atom is 0.255 e. The maximum absolute atomic E-state index is 13.6. The summed E-state index contributed by atoms with van der Waals surface area (Å²) in [5.41, 5.74) is 1.01. The average Bonchev–Trinajstić information content (AvgIpc) is 2.53. The van der Waals surface area contributed by atoms with Crippen molar-refractivity contribution in [1.29, 1.82) is 0 Å². The van der Waals surface area contributed by atoms with Crippen molar-refractivity contribution in [3.8, 4) is 0 Å². The topological polar surface area (TPSA) is 66.3 Å². The van der Waals surface area contributed by atoms with Gasteiger partial charge in [-0.1, -0.05) is 23.7 Å². The van der Waals surface area contributed by atoms with Crippen LogP contribution in [0.25, 0.3) is 0 Å². The number of rotatable bonds is 6. The normalized spacial score (nSPS) is 13.8. The lowest BCUT2D eigenvalue weighted by Gasteiger charge is -2.15. The van der Waals surface area contributed by atoms with E-state index in [1.165, 1.54) is 6.92 Å². The molecule has 0 spiro atoms. The molecule has 0 bridgehead atoms. The summed E-state index contributed by atoms with van der Waals surface area (Å²) in [7, 11) is 3.65. The number of nitrogens with one attached hydrogen (secondary N) is 1. The Kier molecular flexibility index (Phi) is 6.03. The molecule has 2 atom stereocenters. The third-order valence-corrected chi connectivity index (χ3v) is 3.37. The zero-order valence-electron chi connectivity index (χ0n) is 14.0. The summed E-state index contributed by atoms with van der Waals surface area (Å²) in [6.07, 6.45) is 0.238. The Hall–Kier alpha value is -2.28. The zero-order valence-corrected chi connectivity index (χ0v) is 14.8. The molecule has 0 saturated heterocycles. The molecule has 2 unspecified atom stereocenters. The highest BCUT2D eigenvalue weighted by Crippen LogP contribution is 2.22. The highest BCUT2D eigenvalue weighted by atomic mass is 35.5. The number of alkyl halides is 1. The summed E-state index contributed by atoms with van der Waals surface area (Å²) in [5, 5.41) is 3.81. The molecule has 24 heavy (non-hydrogen) atoms. The van der Waals surface area contributed by atoms with Gasteiger partial charge in [0.1, 0.15) is 0 Å². The molecule has 1 N–H and O–H groups in total. The molecule has 6 nitrogen and oxygen atoms in total. The Morgan fingerprint density at radius 1 is 1.17 bits per heavy atom. The first-order valence-electron chi connectivity index (χ1n) is 7.48. The summed E-state index contributed by atoms with van der Waals surface area (Å²) in [4.78, 5) is 18.2. The van der Waals surface area contributed by atoms with E-state index >= 15 is 0 Å². The van der Waals surface area contributed by atoms with E-state index in [1.807, 2.05) is 45.3 Å². The van der Waals surface area contributed by atoms with Crippen LogP contribution in [0.2, 0.25) is 5.02 Å². The van der Waals surface area contributed by atoms with Gasteiger partial charge in [-0.05, 0) is 31.5 Å². The molecule has 128 valence electrons. The van der Waals surface area contributed by atoms with Crippen LogP contribution in [-0.2, 0) is 0 Å². The lowest BCUT2D eigenvalue weighted by molar-refractivity contribution is 0.356. The Balaban J connectivity index is 2.26. The third-order valence-electron chi connectivity index (χ3n) is 3.12. The van der Waals surface area contributed by atoms with Crippen LogP contribution in [-0.4, -0.2) is 40.3 Å². The van der Waals surface area contributed by atoms with Gasteiger partial charge >= 0.3 is 0 Å². The zero-order chi connectivity index (χ0) is 17.7. The van der Waals surface area contributed by atoms with Crippen molar-refractivity contribution < 1.29 is 4.39 Å². The molecule has 0 aliphatic heterocycles. The first kappa shape index (κ1) is 18.1. The number of halogens is 2. The maximum atomic E-state index is 13.6. The van der Waals surface area contributed by atoms with Gasteiger partial charge in [0.05, 0.1) is 12.4 Å². The largest absolute Gasteiger partial charge is 0.369 e. The fraction of sp³-hybridized carbons (Fsp3) is 0.375. The predicted molar refractivity (Wildman–Crippen MR) is 94.7 cm³/mol. The van der Waals surface area contributed by atoms with E-state index in [0.29, 0.717) is 5.02 Å². The van der Waals surface area contributed by atoms with Crippen LogP contribution < -0.4 is 5.32 Å². The minimum atomic E-state index is -1.31. The Labute approximate surface area is 145 Å². The quantitative estimate of drug-likeness (QED) is 0.631. The number of aromatic nitrogens is 3. The van der Waals surface area contributed by atoms with Gasteiger partial charge in [-0.15, -0.1) is 0 Å². The molecule has 0 saturated carbocycles. The van der Waals surface area contributed by atoms with Gasteiger partial charge in [-0.2, -0.15) is 15.0 Å². The highest BCUT2D eigenvalue weighted by Gasteiger charge is 2.14. The van der Waals surface area contributed by atoms with Crippen molar-refractivity contribution in [2.75, 3.05) is 19.4 Å². The molecule has 1 heterocycles. The van der Waals surface area contributed by atoms with Gasteiger partial charge in [0.25, 0.3) is 5.95 Å². The molecule has 0 fully saturated rings. The standard InChI is InChI=1S/C16H20ClFN6/c1-10(18)14-21-15(19-9-24(3)4)23-16(22-14)20-11(2)12-5-7-13(17)8-6-12/h5-11H,1-4H3,(H,20,21,22,23)/b19-9+. The average molecular weight is 351 g/mol. The summed E-state index contributed by atoms with van der Waals surface area (Å²) in [5.74, 6) is 0.476. The summed E-state index contributed by atoms with van der Waals surface area (Å²) < 4.78 is 13.6. The fourth-order valence-electron chi connectivity index (χ4n) is 1.88. The number of anilines is 1. The lowest BCUT2D eigenvalue weighted by atomic mass is 10.1. The Morgan fingerprint density at radius 2 is 1.83 bits per heavy atom. The first-order valence-corrected chi connectivity index (χ1v) is 7.85. The molecule has 1 aromatic heterocycles. The van der Waals surface area contributed by atoms with Gasteiger partial charge < -0.3 is 10.2 Å². The number of hydrogen-bond acceptors (Lipinski definition) is 5. The van der Waals surface area contributed by atoms with Gasteiger partial charge in [0.2, 0.25) is 5.95 Å². The van der Waals surface area contributed by atoms with Crippen molar-refractivity contribution in [2.45, 2.75) is 26.1 Å². The first-order chi connectivity index (χ1) is 11.3. The second-order valence-electron chi connectivity index (χ2n) is 5.56. The van der Waals surface area contributed by atoms with Crippen molar-refractivity contribution in [3.05, 3.63) is 40.7 Å².